The molecule has 0 atom stereocenters. The van der Waals surface area contributed by atoms with Gasteiger partial charge in [0.25, 0.3) is 5.69 Å². The van der Waals surface area contributed by atoms with E-state index in [9.17, 15) is 18.5 Å². The van der Waals surface area contributed by atoms with E-state index in [2.05, 4.69) is 10.5 Å². The van der Waals surface area contributed by atoms with Gasteiger partial charge in [-0.05, 0) is 35.7 Å². The molecule has 0 radical (unpaired) electrons. The van der Waals surface area contributed by atoms with Gasteiger partial charge in [0.1, 0.15) is 5.69 Å². The molecule has 3 aromatic carbocycles. The summed E-state index contributed by atoms with van der Waals surface area (Å²) in [6.07, 6.45) is 0. The molecule has 10 heteroatoms. The number of hydrazone groups is 1. The van der Waals surface area contributed by atoms with Crippen LogP contribution in [0.5, 0.6) is 0 Å². The highest BCUT2D eigenvalue weighted by molar-refractivity contribution is 7.89. The Morgan fingerprint density at radius 3 is 2.29 bits per heavy atom. The van der Waals surface area contributed by atoms with E-state index in [1.807, 2.05) is 54.6 Å². The minimum Gasteiger partial charge on any atom is -0.379 e. The summed E-state index contributed by atoms with van der Waals surface area (Å²) < 4.78 is 32.2. The summed E-state index contributed by atoms with van der Waals surface area (Å²) in [6.45, 7) is 2.79. The third-order valence-electron chi connectivity index (χ3n) is 5.53. The zero-order chi connectivity index (χ0) is 24.1. The SMILES string of the molecule is C/C(=N/Nc1ccc(S(=O)(=O)N2CCOCC2)cc1[N+](=O)[O-])c1ccc(-c2ccccc2)cc1. The molecule has 176 valence electrons. The molecule has 1 N–H and O–H groups in total. The molecule has 0 bridgehead atoms. The lowest BCUT2D eigenvalue weighted by atomic mass is 10.0. The van der Waals surface area contributed by atoms with Crippen LogP contribution >= 0.6 is 0 Å². The van der Waals surface area contributed by atoms with Gasteiger partial charge in [0.15, 0.2) is 0 Å². The predicted octanol–water partition coefficient (Wildman–Crippen LogP) is 4.12. The second kappa shape index (κ2) is 10.1. The topological polar surface area (TPSA) is 114 Å². The Labute approximate surface area is 197 Å². The molecule has 1 aliphatic heterocycles. The molecule has 0 aromatic heterocycles. The number of ether oxygens (including phenoxy) is 1. The molecule has 34 heavy (non-hydrogen) atoms. The van der Waals surface area contributed by atoms with E-state index >= 15 is 0 Å². The van der Waals surface area contributed by atoms with Gasteiger partial charge in [0.05, 0.1) is 28.7 Å². The maximum Gasteiger partial charge on any atom is 0.295 e. The number of nitrogens with one attached hydrogen (secondary N) is 1. The summed E-state index contributed by atoms with van der Waals surface area (Å²) in [5, 5.41) is 15.9. The van der Waals surface area contributed by atoms with Gasteiger partial charge in [-0.15, -0.1) is 0 Å². The van der Waals surface area contributed by atoms with Crippen molar-refractivity contribution in [3.05, 3.63) is 88.5 Å². The fourth-order valence-corrected chi connectivity index (χ4v) is 5.03. The van der Waals surface area contributed by atoms with Crippen molar-refractivity contribution in [3.63, 3.8) is 0 Å². The Morgan fingerprint density at radius 2 is 1.65 bits per heavy atom. The zero-order valence-corrected chi connectivity index (χ0v) is 19.4. The highest BCUT2D eigenvalue weighted by atomic mass is 32.2. The lowest BCUT2D eigenvalue weighted by Crippen LogP contribution is -2.40. The van der Waals surface area contributed by atoms with Gasteiger partial charge in [-0.2, -0.15) is 9.41 Å². The molecule has 1 heterocycles. The van der Waals surface area contributed by atoms with Crippen LogP contribution in [0.2, 0.25) is 0 Å². The van der Waals surface area contributed by atoms with Crippen molar-refractivity contribution in [3.8, 4) is 11.1 Å². The first-order valence-electron chi connectivity index (χ1n) is 10.7. The third-order valence-corrected chi connectivity index (χ3v) is 7.42. The van der Waals surface area contributed by atoms with Crippen molar-refractivity contribution in [2.24, 2.45) is 5.10 Å². The number of morpholine rings is 1. The smallest absolute Gasteiger partial charge is 0.295 e. The number of anilines is 1. The van der Waals surface area contributed by atoms with Crippen LogP contribution in [0.1, 0.15) is 12.5 Å². The van der Waals surface area contributed by atoms with E-state index < -0.39 is 14.9 Å². The highest BCUT2D eigenvalue weighted by Gasteiger charge is 2.28. The van der Waals surface area contributed by atoms with E-state index in [1.165, 1.54) is 16.4 Å². The lowest BCUT2D eigenvalue weighted by molar-refractivity contribution is -0.384. The third kappa shape index (κ3) is 5.14. The Balaban J connectivity index is 1.54. The Morgan fingerprint density at radius 1 is 1.00 bits per heavy atom. The maximum atomic E-state index is 12.9. The minimum absolute atomic E-state index is 0.103. The summed E-state index contributed by atoms with van der Waals surface area (Å²) in [7, 11) is -3.85. The molecular weight excluding hydrogens is 456 g/mol. The average Bonchev–Trinajstić information content (AvgIpc) is 2.88. The van der Waals surface area contributed by atoms with Crippen molar-refractivity contribution in [2.75, 3.05) is 31.7 Å². The molecule has 1 fully saturated rings. The molecule has 1 aliphatic rings. The fraction of sp³-hybridized carbons (Fsp3) is 0.208. The van der Waals surface area contributed by atoms with Crippen molar-refractivity contribution in [2.45, 2.75) is 11.8 Å². The summed E-state index contributed by atoms with van der Waals surface area (Å²) in [6, 6.07) is 21.6. The summed E-state index contributed by atoms with van der Waals surface area (Å²) in [5.41, 5.74) is 6.09. The first-order valence-corrected chi connectivity index (χ1v) is 12.1. The van der Waals surface area contributed by atoms with E-state index in [0.29, 0.717) is 18.9 Å². The summed E-state index contributed by atoms with van der Waals surface area (Å²) in [5.74, 6) is 0. The number of nitro groups is 1. The number of rotatable bonds is 7. The first-order chi connectivity index (χ1) is 16.4. The van der Waals surface area contributed by atoms with Gasteiger partial charge in [-0.1, -0.05) is 54.6 Å². The standard InChI is InChI=1S/C24H24N4O5S/c1-18(19-7-9-21(10-8-19)20-5-3-2-4-6-20)25-26-23-12-11-22(17-24(23)28(29)30)34(31,32)27-13-15-33-16-14-27/h2-12,17,26H,13-16H2,1H3/b25-18-. The Hall–Kier alpha value is -3.60. The fourth-order valence-electron chi connectivity index (χ4n) is 3.60. The van der Waals surface area contributed by atoms with Gasteiger partial charge in [-0.3, -0.25) is 15.5 Å². The van der Waals surface area contributed by atoms with Gasteiger partial charge in [0.2, 0.25) is 10.0 Å². The van der Waals surface area contributed by atoms with Crippen LogP contribution in [0.3, 0.4) is 0 Å². The molecule has 3 aromatic rings. The number of nitro benzene ring substituents is 1. The molecule has 0 saturated carbocycles. The number of sulfonamides is 1. The summed E-state index contributed by atoms with van der Waals surface area (Å²) in [4.78, 5) is 10.9. The number of hydrogen-bond acceptors (Lipinski definition) is 7. The molecule has 0 spiro atoms. The molecule has 0 amide bonds. The Bertz CT molecular complexity index is 1300. The van der Waals surface area contributed by atoms with E-state index in [1.54, 1.807) is 6.92 Å². The van der Waals surface area contributed by atoms with E-state index in [4.69, 9.17) is 4.74 Å². The van der Waals surface area contributed by atoms with Gasteiger partial charge >= 0.3 is 0 Å². The van der Waals surface area contributed by atoms with E-state index in [-0.39, 0.29) is 29.4 Å². The molecule has 9 nitrogen and oxygen atoms in total. The van der Waals surface area contributed by atoms with E-state index in [0.717, 1.165) is 22.8 Å². The van der Waals surface area contributed by atoms with Crippen LogP contribution in [-0.4, -0.2) is 49.7 Å². The monoisotopic (exact) mass is 480 g/mol. The summed E-state index contributed by atoms with van der Waals surface area (Å²) >= 11 is 0. The van der Waals surface area contributed by atoms with Crippen molar-refractivity contribution < 1.29 is 18.1 Å². The van der Waals surface area contributed by atoms with Crippen LogP contribution in [-0.2, 0) is 14.8 Å². The predicted molar refractivity (Wildman–Crippen MR) is 130 cm³/mol. The number of nitrogens with zero attached hydrogens (tertiary/aromatic N) is 3. The van der Waals surface area contributed by atoms with Crippen LogP contribution in [0.25, 0.3) is 11.1 Å². The van der Waals surface area contributed by atoms with Crippen LogP contribution in [0.15, 0.2) is 82.8 Å². The molecule has 4 rings (SSSR count). The Kier molecular flexibility index (Phi) is 7.01. The molecule has 1 saturated heterocycles. The van der Waals surface area contributed by atoms with Gasteiger partial charge in [-0.25, -0.2) is 8.42 Å². The molecule has 0 unspecified atom stereocenters. The normalized spacial score (nSPS) is 15.1. The first kappa shape index (κ1) is 23.6. The molecule has 0 aliphatic carbocycles. The van der Waals surface area contributed by atoms with Crippen LogP contribution in [0, 0.1) is 10.1 Å². The van der Waals surface area contributed by atoms with Crippen LogP contribution < -0.4 is 5.43 Å². The lowest BCUT2D eigenvalue weighted by Gasteiger charge is -2.26. The minimum atomic E-state index is -3.85. The van der Waals surface area contributed by atoms with Crippen molar-refractivity contribution in [1.29, 1.82) is 0 Å². The molecular formula is C24H24N4O5S. The number of hydrogen-bond donors (Lipinski definition) is 1. The second-order valence-electron chi connectivity index (χ2n) is 7.70. The van der Waals surface area contributed by atoms with Gasteiger partial charge < -0.3 is 4.74 Å². The average molecular weight is 481 g/mol. The highest BCUT2D eigenvalue weighted by Crippen LogP contribution is 2.29. The van der Waals surface area contributed by atoms with Gasteiger partial charge in [0, 0.05) is 19.2 Å². The van der Waals surface area contributed by atoms with Crippen LogP contribution in [0.4, 0.5) is 11.4 Å². The van der Waals surface area contributed by atoms with Crippen molar-refractivity contribution >= 4 is 27.1 Å². The number of benzene rings is 3. The quantitative estimate of drug-likeness (QED) is 0.309. The largest absolute Gasteiger partial charge is 0.379 e. The zero-order valence-electron chi connectivity index (χ0n) is 18.5. The van der Waals surface area contributed by atoms with Crippen molar-refractivity contribution in [1.82, 2.24) is 4.31 Å². The second-order valence-corrected chi connectivity index (χ2v) is 9.64. The maximum absolute atomic E-state index is 12.9.